The molecule has 1 aromatic rings. The maximum absolute atomic E-state index is 12.3. The van der Waals surface area contributed by atoms with Gasteiger partial charge in [0.05, 0.1) is 25.1 Å². The van der Waals surface area contributed by atoms with E-state index in [4.69, 9.17) is 9.47 Å². The van der Waals surface area contributed by atoms with Crippen LogP contribution in [-0.4, -0.2) is 30.1 Å². The SMILES string of the molecule is CCCC(C)COc1ccc(C(NC(=O)C(C)(C)C)C(=O)OCC)nc1. The van der Waals surface area contributed by atoms with Crippen LogP contribution >= 0.6 is 0 Å². The van der Waals surface area contributed by atoms with E-state index in [2.05, 4.69) is 24.1 Å². The Labute approximate surface area is 156 Å². The van der Waals surface area contributed by atoms with E-state index >= 15 is 0 Å². The molecule has 0 spiro atoms. The molecule has 1 rings (SSSR count). The van der Waals surface area contributed by atoms with Crippen molar-refractivity contribution >= 4 is 11.9 Å². The summed E-state index contributed by atoms with van der Waals surface area (Å²) in [6, 6.07) is 2.51. The molecule has 1 heterocycles. The maximum Gasteiger partial charge on any atom is 0.334 e. The summed E-state index contributed by atoms with van der Waals surface area (Å²) < 4.78 is 10.8. The van der Waals surface area contributed by atoms with Crippen molar-refractivity contribution in [3.63, 3.8) is 0 Å². The van der Waals surface area contributed by atoms with Gasteiger partial charge in [-0.2, -0.15) is 0 Å². The second-order valence-corrected chi connectivity index (χ2v) is 7.53. The molecule has 0 fully saturated rings. The number of ether oxygens (including phenoxy) is 2. The highest BCUT2D eigenvalue weighted by atomic mass is 16.5. The second-order valence-electron chi connectivity index (χ2n) is 7.53. The average Bonchev–Trinajstić information content (AvgIpc) is 2.58. The van der Waals surface area contributed by atoms with Crippen molar-refractivity contribution in [2.24, 2.45) is 11.3 Å². The van der Waals surface area contributed by atoms with Crippen LogP contribution in [0.25, 0.3) is 0 Å². The highest BCUT2D eigenvalue weighted by Crippen LogP contribution is 2.20. The monoisotopic (exact) mass is 364 g/mol. The number of carbonyl (C=O) groups is 2. The lowest BCUT2D eigenvalue weighted by atomic mass is 9.95. The number of hydrogen-bond donors (Lipinski definition) is 1. The van der Waals surface area contributed by atoms with Crippen molar-refractivity contribution in [3.05, 3.63) is 24.0 Å². The lowest BCUT2D eigenvalue weighted by molar-refractivity contribution is -0.148. The molecule has 0 radical (unpaired) electrons. The number of nitrogens with zero attached hydrogens (tertiary/aromatic N) is 1. The first kappa shape index (κ1) is 21.9. The molecule has 2 unspecified atom stereocenters. The van der Waals surface area contributed by atoms with Gasteiger partial charge in [0.15, 0.2) is 6.04 Å². The van der Waals surface area contributed by atoms with E-state index in [1.165, 1.54) is 0 Å². The number of amides is 1. The molecule has 26 heavy (non-hydrogen) atoms. The first-order chi connectivity index (χ1) is 12.2. The molecule has 0 bridgehead atoms. The van der Waals surface area contributed by atoms with E-state index in [0.717, 1.165) is 12.8 Å². The summed E-state index contributed by atoms with van der Waals surface area (Å²) in [7, 11) is 0. The Morgan fingerprint density at radius 3 is 2.42 bits per heavy atom. The van der Waals surface area contributed by atoms with Crippen molar-refractivity contribution in [3.8, 4) is 5.75 Å². The van der Waals surface area contributed by atoms with E-state index in [0.29, 0.717) is 24.0 Å². The molecule has 1 aromatic heterocycles. The van der Waals surface area contributed by atoms with Gasteiger partial charge in [0, 0.05) is 5.41 Å². The number of esters is 1. The summed E-state index contributed by atoms with van der Waals surface area (Å²) in [6.07, 6.45) is 3.80. The van der Waals surface area contributed by atoms with Crippen LogP contribution in [0.1, 0.15) is 66.1 Å². The van der Waals surface area contributed by atoms with E-state index in [1.54, 1.807) is 46.0 Å². The van der Waals surface area contributed by atoms with Gasteiger partial charge < -0.3 is 14.8 Å². The van der Waals surface area contributed by atoms with Crippen molar-refractivity contribution in [1.82, 2.24) is 10.3 Å². The summed E-state index contributed by atoms with van der Waals surface area (Å²) in [5, 5.41) is 2.73. The maximum atomic E-state index is 12.3. The van der Waals surface area contributed by atoms with Gasteiger partial charge in [0.1, 0.15) is 5.75 Å². The molecule has 6 nitrogen and oxygen atoms in total. The van der Waals surface area contributed by atoms with Gasteiger partial charge in [-0.25, -0.2) is 4.79 Å². The van der Waals surface area contributed by atoms with E-state index in [-0.39, 0.29) is 12.5 Å². The summed E-state index contributed by atoms with van der Waals surface area (Å²) in [6.45, 7) is 12.2. The predicted molar refractivity (Wildman–Crippen MR) is 101 cm³/mol. The van der Waals surface area contributed by atoms with E-state index in [9.17, 15) is 9.59 Å². The minimum Gasteiger partial charge on any atom is -0.492 e. The van der Waals surface area contributed by atoms with Crippen molar-refractivity contribution in [2.45, 2.75) is 60.4 Å². The van der Waals surface area contributed by atoms with Gasteiger partial charge in [-0.1, -0.05) is 41.0 Å². The van der Waals surface area contributed by atoms with Gasteiger partial charge in [0.25, 0.3) is 0 Å². The van der Waals surface area contributed by atoms with Crippen molar-refractivity contribution < 1.29 is 19.1 Å². The number of hydrogen-bond acceptors (Lipinski definition) is 5. The minimum absolute atomic E-state index is 0.233. The molecule has 1 amide bonds. The Morgan fingerprint density at radius 2 is 1.92 bits per heavy atom. The molecular formula is C20H32N2O4. The lowest BCUT2D eigenvalue weighted by Crippen LogP contribution is -2.41. The Morgan fingerprint density at radius 1 is 1.23 bits per heavy atom. The van der Waals surface area contributed by atoms with Gasteiger partial charge in [0.2, 0.25) is 5.91 Å². The Hall–Kier alpha value is -2.11. The summed E-state index contributed by atoms with van der Waals surface area (Å²) in [5.74, 6) is 0.341. The third-order valence-electron chi connectivity index (χ3n) is 3.85. The van der Waals surface area contributed by atoms with Crippen LogP contribution in [0.15, 0.2) is 18.3 Å². The standard InChI is InChI=1S/C20H32N2O4/c1-7-9-14(3)13-26-15-10-11-16(21-12-15)17(18(23)25-8-2)22-19(24)20(4,5)6/h10-12,14,17H,7-9,13H2,1-6H3,(H,22,24). The van der Waals surface area contributed by atoms with Crippen molar-refractivity contribution in [1.29, 1.82) is 0 Å². The first-order valence-corrected chi connectivity index (χ1v) is 9.25. The number of carbonyl (C=O) groups excluding carboxylic acids is 2. The smallest absolute Gasteiger partial charge is 0.334 e. The third kappa shape index (κ3) is 7.02. The zero-order valence-electron chi connectivity index (χ0n) is 16.8. The molecule has 0 saturated carbocycles. The minimum atomic E-state index is -0.935. The first-order valence-electron chi connectivity index (χ1n) is 9.25. The van der Waals surface area contributed by atoms with E-state index < -0.39 is 17.4 Å². The quantitative estimate of drug-likeness (QED) is 0.677. The molecule has 0 aliphatic carbocycles. The normalized spacial score (nSPS) is 13.6. The Balaban J connectivity index is 2.86. The topological polar surface area (TPSA) is 77.5 Å². The van der Waals surface area contributed by atoms with E-state index in [1.807, 2.05) is 0 Å². The van der Waals surface area contributed by atoms with Crippen LogP contribution in [0.5, 0.6) is 5.75 Å². The summed E-state index contributed by atoms with van der Waals surface area (Å²) >= 11 is 0. The zero-order valence-corrected chi connectivity index (χ0v) is 16.8. The number of rotatable bonds is 9. The van der Waals surface area contributed by atoms with Gasteiger partial charge >= 0.3 is 5.97 Å². The molecule has 6 heteroatoms. The summed E-state index contributed by atoms with van der Waals surface area (Å²) in [4.78, 5) is 28.9. The van der Waals surface area contributed by atoms with Crippen LogP contribution in [0.3, 0.4) is 0 Å². The van der Waals surface area contributed by atoms with Gasteiger partial charge in [-0.15, -0.1) is 0 Å². The molecular weight excluding hydrogens is 332 g/mol. The number of nitrogens with one attached hydrogen (secondary N) is 1. The van der Waals surface area contributed by atoms with Crippen LogP contribution in [0.4, 0.5) is 0 Å². The second kappa shape index (κ2) is 10.1. The predicted octanol–water partition coefficient (Wildman–Crippen LogP) is 3.66. The third-order valence-corrected chi connectivity index (χ3v) is 3.85. The molecule has 146 valence electrons. The average molecular weight is 364 g/mol. The molecule has 0 aliphatic heterocycles. The lowest BCUT2D eigenvalue weighted by Gasteiger charge is -2.23. The van der Waals surface area contributed by atoms with Crippen molar-refractivity contribution in [2.75, 3.05) is 13.2 Å². The van der Waals surface area contributed by atoms with Crippen LogP contribution in [0, 0.1) is 11.3 Å². The zero-order chi connectivity index (χ0) is 19.7. The molecule has 0 saturated heterocycles. The summed E-state index contributed by atoms with van der Waals surface area (Å²) in [5.41, 5.74) is -0.196. The number of aromatic nitrogens is 1. The van der Waals surface area contributed by atoms with Gasteiger partial charge in [-0.05, 0) is 31.4 Å². The fourth-order valence-corrected chi connectivity index (χ4v) is 2.29. The molecule has 1 N–H and O–H groups in total. The highest BCUT2D eigenvalue weighted by molar-refractivity contribution is 5.87. The highest BCUT2D eigenvalue weighted by Gasteiger charge is 2.30. The van der Waals surface area contributed by atoms with Crippen LogP contribution < -0.4 is 10.1 Å². The number of pyridine rings is 1. The fourth-order valence-electron chi connectivity index (χ4n) is 2.29. The Bertz CT molecular complexity index is 578. The largest absolute Gasteiger partial charge is 0.492 e. The fraction of sp³-hybridized carbons (Fsp3) is 0.650. The molecule has 0 aromatic carbocycles. The Kier molecular flexibility index (Phi) is 8.55. The molecule has 2 atom stereocenters. The van der Waals surface area contributed by atoms with Crippen LogP contribution in [0.2, 0.25) is 0 Å². The van der Waals surface area contributed by atoms with Gasteiger partial charge in [-0.3, -0.25) is 9.78 Å². The molecule has 0 aliphatic rings. The van der Waals surface area contributed by atoms with Crippen LogP contribution in [-0.2, 0) is 14.3 Å².